The molecule has 0 radical (unpaired) electrons. The second-order valence-corrected chi connectivity index (χ2v) is 8.16. The molecule has 0 bridgehead atoms. The molecule has 0 unspecified atom stereocenters. The van der Waals surface area contributed by atoms with E-state index in [2.05, 4.69) is 29.6 Å². The highest BCUT2D eigenvalue weighted by Gasteiger charge is 2.28. The van der Waals surface area contributed by atoms with Crippen LogP contribution in [0.2, 0.25) is 10.0 Å². The number of ether oxygens (including phenoxy) is 1. The molecule has 0 saturated heterocycles. The summed E-state index contributed by atoms with van der Waals surface area (Å²) in [4.78, 5) is 12.2. The Morgan fingerprint density at radius 3 is 2.19 bits per heavy atom. The number of carbonyl (C=O) groups excluding carboxylic acids is 1. The average molecular weight is 453 g/mol. The van der Waals surface area contributed by atoms with Gasteiger partial charge in [0.25, 0.3) is 0 Å². The monoisotopic (exact) mass is 452 g/mol. The molecule has 4 rings (SSSR count). The molecule has 1 amide bonds. The number of rotatable bonds is 6. The van der Waals surface area contributed by atoms with Crippen molar-refractivity contribution in [2.24, 2.45) is 0 Å². The number of fused-ring (bicyclic) bond motifs is 3. The summed E-state index contributed by atoms with van der Waals surface area (Å²) in [6.07, 6.45) is 3.90. The lowest BCUT2D eigenvalue weighted by Crippen LogP contribution is -2.26. The fourth-order valence-electron chi connectivity index (χ4n) is 3.87. The molecule has 0 aromatic heterocycles. The van der Waals surface area contributed by atoms with Crippen LogP contribution >= 0.6 is 23.2 Å². The lowest BCUT2D eigenvalue weighted by atomic mass is 9.98. The van der Waals surface area contributed by atoms with Crippen LogP contribution in [0.3, 0.4) is 0 Å². The Labute approximate surface area is 191 Å². The van der Waals surface area contributed by atoms with E-state index in [1.54, 1.807) is 12.1 Å². The number of nitrogens with one attached hydrogen (secondary N) is 1. The molecule has 1 aliphatic carbocycles. The second kappa shape index (κ2) is 9.46. The summed E-state index contributed by atoms with van der Waals surface area (Å²) in [6.45, 7) is 0.740. The normalized spacial score (nSPS) is 12.6. The van der Waals surface area contributed by atoms with Crippen molar-refractivity contribution in [2.45, 2.75) is 12.3 Å². The zero-order chi connectivity index (χ0) is 21.8. The number of hydrogen-bond donors (Lipinski definition) is 2. The fraction of sp³-hybridized carbons (Fsp3) is 0.160. The summed E-state index contributed by atoms with van der Waals surface area (Å²) in [6, 6.07) is 19.8. The fourth-order valence-corrected chi connectivity index (χ4v) is 4.50. The first-order valence-corrected chi connectivity index (χ1v) is 10.8. The topological polar surface area (TPSA) is 64.3 Å². The van der Waals surface area contributed by atoms with Gasteiger partial charge in [-0.3, -0.25) is 0 Å². The Bertz CT molecular complexity index is 1080. The van der Waals surface area contributed by atoms with Crippen LogP contribution in [0.5, 0.6) is 0 Å². The first-order valence-electron chi connectivity index (χ1n) is 10.0. The number of carbonyl (C=O) groups is 1. The molecule has 0 spiro atoms. The maximum atomic E-state index is 12.2. The summed E-state index contributed by atoms with van der Waals surface area (Å²) in [5, 5.41) is 3.76. The molecular formula is C25H22Cl2N2O2. The van der Waals surface area contributed by atoms with Gasteiger partial charge in [0.05, 0.1) is 10.0 Å². The maximum absolute atomic E-state index is 12.2. The van der Waals surface area contributed by atoms with E-state index in [1.165, 1.54) is 22.3 Å². The van der Waals surface area contributed by atoms with Gasteiger partial charge in [-0.1, -0.05) is 83.9 Å². The summed E-state index contributed by atoms with van der Waals surface area (Å²) < 4.78 is 5.53. The number of nitrogens with two attached hydrogens (primary N) is 1. The minimum Gasteiger partial charge on any atom is -0.449 e. The first-order chi connectivity index (χ1) is 15.0. The van der Waals surface area contributed by atoms with Crippen LogP contribution < -0.4 is 11.1 Å². The van der Waals surface area contributed by atoms with Crippen LogP contribution in [-0.4, -0.2) is 19.2 Å². The van der Waals surface area contributed by atoms with E-state index in [9.17, 15) is 4.79 Å². The van der Waals surface area contributed by atoms with Crippen LogP contribution in [0.1, 0.15) is 29.0 Å². The van der Waals surface area contributed by atoms with Gasteiger partial charge >= 0.3 is 6.09 Å². The summed E-state index contributed by atoms with van der Waals surface area (Å²) >= 11 is 12.3. The van der Waals surface area contributed by atoms with Gasteiger partial charge in [-0.05, 0) is 40.8 Å². The van der Waals surface area contributed by atoms with Gasteiger partial charge in [0, 0.05) is 23.7 Å². The average Bonchev–Trinajstić information content (AvgIpc) is 3.07. The third kappa shape index (κ3) is 4.71. The number of amides is 1. The van der Waals surface area contributed by atoms with E-state index >= 15 is 0 Å². The van der Waals surface area contributed by atoms with Crippen molar-refractivity contribution < 1.29 is 9.53 Å². The van der Waals surface area contributed by atoms with Crippen LogP contribution in [-0.2, 0) is 4.74 Å². The van der Waals surface area contributed by atoms with Crippen LogP contribution in [0.4, 0.5) is 10.5 Å². The standard InChI is InChI=1S/C25H22Cl2N2O2/c26-23-13-16(28)14-24(27)21(23)11-5-6-12-29-25(30)31-15-22-19-9-3-1-7-17(19)18-8-2-4-10-20(18)22/h1-5,7-11,13-14,22H,6,12,15,28H2,(H,29,30). The van der Waals surface area contributed by atoms with Crippen molar-refractivity contribution in [1.29, 1.82) is 0 Å². The van der Waals surface area contributed by atoms with Gasteiger partial charge in [-0.15, -0.1) is 0 Å². The quantitative estimate of drug-likeness (QED) is 0.330. The predicted octanol–water partition coefficient (Wildman–Crippen LogP) is 6.52. The van der Waals surface area contributed by atoms with Gasteiger partial charge < -0.3 is 15.8 Å². The van der Waals surface area contributed by atoms with Crippen LogP contribution in [0.25, 0.3) is 17.2 Å². The van der Waals surface area contributed by atoms with E-state index in [0.29, 0.717) is 40.9 Å². The van der Waals surface area contributed by atoms with Gasteiger partial charge in [0.1, 0.15) is 6.61 Å². The number of alkyl carbamates (subject to hydrolysis) is 1. The predicted molar refractivity (Wildman–Crippen MR) is 128 cm³/mol. The Morgan fingerprint density at radius 1 is 1.00 bits per heavy atom. The summed E-state index contributed by atoms with van der Waals surface area (Å²) in [7, 11) is 0. The molecule has 3 aromatic carbocycles. The number of hydrogen-bond acceptors (Lipinski definition) is 3. The molecule has 0 saturated carbocycles. The number of nitrogen functional groups attached to an aromatic ring is 1. The van der Waals surface area contributed by atoms with Gasteiger partial charge in [0.15, 0.2) is 0 Å². The van der Waals surface area contributed by atoms with Crippen molar-refractivity contribution in [3.05, 3.63) is 93.5 Å². The number of anilines is 1. The molecule has 0 fully saturated rings. The van der Waals surface area contributed by atoms with Crippen molar-refractivity contribution in [1.82, 2.24) is 5.32 Å². The highest BCUT2D eigenvalue weighted by Crippen LogP contribution is 2.44. The van der Waals surface area contributed by atoms with E-state index in [-0.39, 0.29) is 5.92 Å². The van der Waals surface area contributed by atoms with E-state index < -0.39 is 6.09 Å². The van der Waals surface area contributed by atoms with Crippen molar-refractivity contribution in [2.75, 3.05) is 18.9 Å². The molecular weight excluding hydrogens is 431 g/mol. The smallest absolute Gasteiger partial charge is 0.407 e. The molecule has 158 valence electrons. The van der Waals surface area contributed by atoms with E-state index in [4.69, 9.17) is 33.7 Å². The molecule has 3 aromatic rings. The second-order valence-electron chi connectivity index (χ2n) is 7.34. The van der Waals surface area contributed by atoms with Gasteiger partial charge in [-0.2, -0.15) is 0 Å². The zero-order valence-electron chi connectivity index (χ0n) is 16.8. The molecule has 0 aliphatic heterocycles. The molecule has 3 N–H and O–H groups in total. The molecule has 4 nitrogen and oxygen atoms in total. The van der Waals surface area contributed by atoms with Crippen LogP contribution in [0.15, 0.2) is 66.7 Å². The third-order valence-electron chi connectivity index (χ3n) is 5.31. The molecule has 6 heteroatoms. The van der Waals surface area contributed by atoms with Crippen molar-refractivity contribution in [3.8, 4) is 11.1 Å². The van der Waals surface area contributed by atoms with Crippen molar-refractivity contribution in [3.63, 3.8) is 0 Å². The lowest BCUT2D eigenvalue weighted by Gasteiger charge is -2.14. The zero-order valence-corrected chi connectivity index (χ0v) is 18.3. The van der Waals surface area contributed by atoms with Gasteiger partial charge in [0.2, 0.25) is 0 Å². The molecule has 0 atom stereocenters. The molecule has 0 heterocycles. The Kier molecular flexibility index (Phi) is 6.50. The Hall–Kier alpha value is -2.95. The highest BCUT2D eigenvalue weighted by atomic mass is 35.5. The minimum atomic E-state index is -0.432. The minimum absolute atomic E-state index is 0.0489. The number of benzene rings is 3. The SMILES string of the molecule is Nc1cc(Cl)c(C=CCCNC(=O)OCC2c3ccccc3-c3ccccc32)c(Cl)c1. The van der Waals surface area contributed by atoms with E-state index in [1.807, 2.05) is 36.4 Å². The Balaban J connectivity index is 1.29. The third-order valence-corrected chi connectivity index (χ3v) is 5.94. The molecule has 1 aliphatic rings. The lowest BCUT2D eigenvalue weighted by molar-refractivity contribution is 0.143. The number of halogens is 2. The van der Waals surface area contributed by atoms with E-state index in [0.717, 1.165) is 0 Å². The van der Waals surface area contributed by atoms with Crippen LogP contribution in [0, 0.1) is 0 Å². The first kappa shape index (κ1) is 21.3. The van der Waals surface area contributed by atoms with Gasteiger partial charge in [-0.25, -0.2) is 4.79 Å². The maximum Gasteiger partial charge on any atom is 0.407 e. The molecule has 31 heavy (non-hydrogen) atoms. The summed E-state index contributed by atoms with van der Waals surface area (Å²) in [5.74, 6) is 0.0489. The largest absolute Gasteiger partial charge is 0.449 e. The highest BCUT2D eigenvalue weighted by molar-refractivity contribution is 6.37. The summed E-state index contributed by atoms with van der Waals surface area (Å²) in [5.41, 5.74) is 11.7. The van der Waals surface area contributed by atoms with Crippen molar-refractivity contribution >= 4 is 41.1 Å². The Morgan fingerprint density at radius 2 is 1.58 bits per heavy atom.